The molecule has 214 valence electrons. The van der Waals surface area contributed by atoms with E-state index in [4.69, 9.17) is 10.1 Å². The van der Waals surface area contributed by atoms with E-state index >= 15 is 0 Å². The number of likely N-dealkylation sites (tertiary alicyclic amines) is 1. The molecule has 1 aliphatic rings. The first-order valence-corrected chi connectivity index (χ1v) is 13.6. The van der Waals surface area contributed by atoms with Gasteiger partial charge in [-0.15, -0.1) is 0 Å². The minimum Gasteiger partial charge on any atom is -0.481 e. The van der Waals surface area contributed by atoms with Crippen molar-refractivity contribution in [2.75, 3.05) is 6.54 Å². The number of nitrogens with zero attached hydrogens (tertiary/aromatic N) is 2. The number of fused-ring (bicyclic) bond motifs is 1. The van der Waals surface area contributed by atoms with Crippen molar-refractivity contribution in [2.24, 2.45) is 5.92 Å². The summed E-state index contributed by atoms with van der Waals surface area (Å²) in [5.41, 5.74) is 3.51. The number of aldehydes is 1. The van der Waals surface area contributed by atoms with Crippen LogP contribution in [0.2, 0.25) is 0 Å². The number of hydrogen-bond acceptors (Lipinski definition) is 6. The minimum absolute atomic E-state index is 0.297. The molecule has 2 aromatic carbocycles. The van der Waals surface area contributed by atoms with Gasteiger partial charge in [-0.25, -0.2) is 4.98 Å². The van der Waals surface area contributed by atoms with E-state index in [9.17, 15) is 24.0 Å². The maximum Gasteiger partial charge on any atom is 0.305 e. The van der Waals surface area contributed by atoms with Crippen LogP contribution in [0.15, 0.2) is 54.6 Å². The average molecular weight is 559 g/mol. The van der Waals surface area contributed by atoms with Gasteiger partial charge in [-0.1, -0.05) is 56.3 Å². The zero-order valence-corrected chi connectivity index (χ0v) is 23.3. The number of pyridine rings is 1. The topological polar surface area (TPSA) is 146 Å². The molecular weight excluding hydrogens is 524 g/mol. The Bertz CT molecular complexity index is 1470. The molecule has 3 atom stereocenters. The van der Waals surface area contributed by atoms with Crippen LogP contribution >= 0.6 is 0 Å². The van der Waals surface area contributed by atoms with Crippen LogP contribution in [0.5, 0.6) is 0 Å². The molecule has 3 aromatic rings. The highest BCUT2D eigenvalue weighted by molar-refractivity contribution is 6.08. The van der Waals surface area contributed by atoms with E-state index in [-0.39, 0.29) is 5.92 Å². The number of nitrogens with one attached hydrogen (secondary N) is 2. The molecule has 1 saturated heterocycles. The quantitative estimate of drug-likeness (QED) is 0.324. The van der Waals surface area contributed by atoms with Crippen molar-refractivity contribution in [1.82, 2.24) is 20.5 Å². The first kappa shape index (κ1) is 29.4. The zero-order valence-electron chi connectivity index (χ0n) is 23.3. The Balaban J connectivity index is 1.60. The molecule has 0 aliphatic carbocycles. The van der Waals surface area contributed by atoms with Gasteiger partial charge in [0.15, 0.2) is 0 Å². The Kier molecular flexibility index (Phi) is 9.11. The van der Waals surface area contributed by atoms with Crippen molar-refractivity contribution in [1.29, 1.82) is 0 Å². The summed E-state index contributed by atoms with van der Waals surface area (Å²) in [7, 11) is 0. The fraction of sp³-hybridized carbons (Fsp3) is 0.355. The molecule has 0 saturated carbocycles. The van der Waals surface area contributed by atoms with Gasteiger partial charge in [0.05, 0.1) is 29.2 Å². The summed E-state index contributed by atoms with van der Waals surface area (Å²) in [4.78, 5) is 68.9. The molecule has 1 aromatic heterocycles. The lowest BCUT2D eigenvalue weighted by atomic mass is 9.99. The van der Waals surface area contributed by atoms with Crippen LogP contribution in [0.3, 0.4) is 0 Å². The third-order valence-electron chi connectivity index (χ3n) is 7.22. The number of amides is 3. The predicted octanol–water partition coefficient (Wildman–Crippen LogP) is 3.11. The highest BCUT2D eigenvalue weighted by Gasteiger charge is 2.39. The molecule has 2 heterocycles. The lowest BCUT2D eigenvalue weighted by molar-refractivity contribution is -0.142. The molecule has 4 rings (SSSR count). The summed E-state index contributed by atoms with van der Waals surface area (Å²) < 4.78 is 0. The number of aromatic nitrogens is 1. The van der Waals surface area contributed by atoms with Crippen molar-refractivity contribution in [3.8, 4) is 11.3 Å². The van der Waals surface area contributed by atoms with E-state index in [2.05, 4.69) is 10.6 Å². The van der Waals surface area contributed by atoms with Gasteiger partial charge >= 0.3 is 5.97 Å². The largest absolute Gasteiger partial charge is 0.481 e. The van der Waals surface area contributed by atoms with Gasteiger partial charge in [0.1, 0.15) is 18.4 Å². The van der Waals surface area contributed by atoms with Gasteiger partial charge in [0, 0.05) is 17.5 Å². The van der Waals surface area contributed by atoms with E-state index in [1.54, 1.807) is 6.07 Å². The summed E-state index contributed by atoms with van der Waals surface area (Å²) in [6.45, 7) is 5.88. The summed E-state index contributed by atoms with van der Waals surface area (Å²) in [6, 6.07) is 13.9. The van der Waals surface area contributed by atoms with Crippen molar-refractivity contribution in [2.45, 2.75) is 58.2 Å². The lowest BCUT2D eigenvalue weighted by Crippen LogP contribution is -2.56. The van der Waals surface area contributed by atoms with Gasteiger partial charge in [-0.2, -0.15) is 0 Å². The van der Waals surface area contributed by atoms with Gasteiger partial charge in [0.2, 0.25) is 11.8 Å². The third-order valence-corrected chi connectivity index (χ3v) is 7.22. The summed E-state index contributed by atoms with van der Waals surface area (Å²) in [5.74, 6) is -2.96. The molecule has 0 bridgehead atoms. The molecule has 1 aliphatic heterocycles. The number of carbonyl (C=O) groups excluding carboxylic acids is 4. The second-order valence-electron chi connectivity index (χ2n) is 10.7. The maximum atomic E-state index is 13.8. The number of aliphatic carboxylic acids is 1. The Labute approximate surface area is 238 Å². The third kappa shape index (κ3) is 6.77. The van der Waals surface area contributed by atoms with Crippen LogP contribution in [0.25, 0.3) is 22.2 Å². The van der Waals surface area contributed by atoms with E-state index in [1.807, 2.05) is 69.3 Å². The number of carbonyl (C=O) groups is 5. The number of benzene rings is 2. The smallest absolute Gasteiger partial charge is 0.305 e. The zero-order chi connectivity index (χ0) is 29.7. The lowest BCUT2D eigenvalue weighted by Gasteiger charge is -2.31. The Morgan fingerprint density at radius 3 is 2.46 bits per heavy atom. The Morgan fingerprint density at radius 2 is 1.80 bits per heavy atom. The van der Waals surface area contributed by atoms with Crippen molar-refractivity contribution >= 4 is 40.9 Å². The van der Waals surface area contributed by atoms with Gasteiger partial charge < -0.3 is 25.4 Å². The van der Waals surface area contributed by atoms with E-state index in [0.29, 0.717) is 47.8 Å². The van der Waals surface area contributed by atoms with Gasteiger partial charge in [0.25, 0.3) is 5.91 Å². The average Bonchev–Trinajstić information content (AvgIpc) is 3.44. The summed E-state index contributed by atoms with van der Waals surface area (Å²) >= 11 is 0. The SMILES string of the molecule is Cc1ccc2c(C(=O)N[C@H](C(=O)N3CCCC3C(=O)NC(C=O)CC(=O)O)C(C)C)cc(-c3ccccc3)nc2c1. The fourth-order valence-corrected chi connectivity index (χ4v) is 5.10. The van der Waals surface area contributed by atoms with Crippen LogP contribution in [0.4, 0.5) is 0 Å². The van der Waals surface area contributed by atoms with Crippen LogP contribution in [0.1, 0.15) is 49.0 Å². The normalized spacial score (nSPS) is 16.3. The number of carboxylic acids is 1. The number of carboxylic acid groups (broad SMARTS) is 1. The number of hydrogen-bond donors (Lipinski definition) is 3. The first-order chi connectivity index (χ1) is 19.6. The molecule has 3 amide bonds. The van der Waals surface area contributed by atoms with E-state index in [1.165, 1.54) is 4.90 Å². The van der Waals surface area contributed by atoms with Crippen LogP contribution in [-0.2, 0) is 19.2 Å². The standard InChI is InChI=1S/C31H34N4O6/c1-18(2)28(31(41)35-13-7-10-26(35)30(40)32-21(17-36)15-27(37)38)34-29(39)23-16-24(20-8-5-4-6-9-20)33-25-14-19(3)11-12-22(23)25/h4-6,8-9,11-12,14,16-18,21,26,28H,7,10,13,15H2,1-3H3,(H,32,40)(H,34,39)(H,37,38)/t21?,26?,28-/m0/s1. The summed E-state index contributed by atoms with van der Waals surface area (Å²) in [5, 5.41) is 15.0. The monoisotopic (exact) mass is 558 g/mol. The van der Waals surface area contributed by atoms with Crippen LogP contribution in [0, 0.1) is 12.8 Å². The minimum atomic E-state index is -1.22. The molecule has 3 N–H and O–H groups in total. The van der Waals surface area contributed by atoms with Gasteiger partial charge in [-0.3, -0.25) is 19.2 Å². The molecule has 0 spiro atoms. The molecule has 10 nitrogen and oxygen atoms in total. The molecular formula is C31H34N4O6. The number of rotatable bonds is 10. The predicted molar refractivity (Wildman–Crippen MR) is 153 cm³/mol. The second kappa shape index (κ2) is 12.7. The second-order valence-corrected chi connectivity index (χ2v) is 10.7. The Hall–Kier alpha value is -4.60. The number of aryl methyl sites for hydroxylation is 1. The highest BCUT2D eigenvalue weighted by atomic mass is 16.4. The molecule has 2 unspecified atom stereocenters. The molecule has 1 fully saturated rings. The van der Waals surface area contributed by atoms with Crippen molar-refractivity contribution < 1.29 is 29.1 Å². The van der Waals surface area contributed by atoms with Crippen molar-refractivity contribution in [3.05, 3.63) is 65.7 Å². The fourth-order valence-electron chi connectivity index (χ4n) is 5.10. The highest BCUT2D eigenvalue weighted by Crippen LogP contribution is 2.27. The molecule has 0 radical (unpaired) electrons. The van der Waals surface area contributed by atoms with Gasteiger partial charge in [-0.05, 0) is 43.4 Å². The molecule has 41 heavy (non-hydrogen) atoms. The van der Waals surface area contributed by atoms with Crippen LogP contribution < -0.4 is 10.6 Å². The van der Waals surface area contributed by atoms with Crippen molar-refractivity contribution in [3.63, 3.8) is 0 Å². The van der Waals surface area contributed by atoms with E-state index < -0.39 is 48.2 Å². The Morgan fingerprint density at radius 1 is 1.07 bits per heavy atom. The molecule has 10 heteroatoms. The van der Waals surface area contributed by atoms with E-state index in [0.717, 1.165) is 11.1 Å². The summed E-state index contributed by atoms with van der Waals surface area (Å²) in [6.07, 6.45) is 0.741. The van der Waals surface area contributed by atoms with Crippen LogP contribution in [-0.4, -0.2) is 69.6 Å². The maximum absolute atomic E-state index is 13.8. The first-order valence-electron chi connectivity index (χ1n) is 13.6.